The van der Waals surface area contributed by atoms with Gasteiger partial charge < -0.3 is 14.7 Å². The molecule has 0 saturated heterocycles. The number of thiophene rings is 1. The van der Waals surface area contributed by atoms with Crippen molar-refractivity contribution in [3.8, 4) is 16.9 Å². The zero-order valence-electron chi connectivity index (χ0n) is 14.8. The average Bonchev–Trinajstić information content (AvgIpc) is 3.19. The predicted octanol–water partition coefficient (Wildman–Crippen LogP) is 3.94. The van der Waals surface area contributed by atoms with Gasteiger partial charge in [0.05, 0.1) is 5.56 Å². The molecule has 0 unspecified atom stereocenters. The van der Waals surface area contributed by atoms with E-state index in [2.05, 4.69) is 0 Å². The Labute approximate surface area is 161 Å². The molecule has 1 amide bonds. The van der Waals surface area contributed by atoms with E-state index in [1.165, 1.54) is 4.90 Å². The summed E-state index contributed by atoms with van der Waals surface area (Å²) in [6.45, 7) is 0.195. The molecule has 0 radical (unpaired) electrons. The maximum atomic E-state index is 12.2. The number of esters is 1. The molecule has 3 aromatic rings. The molecule has 6 heteroatoms. The van der Waals surface area contributed by atoms with Crippen LogP contribution >= 0.6 is 11.3 Å². The van der Waals surface area contributed by atoms with E-state index in [1.807, 2.05) is 16.8 Å². The van der Waals surface area contributed by atoms with Gasteiger partial charge in [-0.25, -0.2) is 4.79 Å². The first-order valence-electron chi connectivity index (χ1n) is 8.34. The molecule has 0 bridgehead atoms. The van der Waals surface area contributed by atoms with Crippen LogP contribution in [0.15, 0.2) is 65.4 Å². The number of hydrogen-bond acceptors (Lipinski definition) is 5. The summed E-state index contributed by atoms with van der Waals surface area (Å²) in [6.07, 6.45) is 0. The Bertz CT molecular complexity index is 902. The lowest BCUT2D eigenvalue weighted by molar-refractivity contribution is -0.133. The maximum Gasteiger partial charge on any atom is 0.338 e. The molecule has 0 spiro atoms. The van der Waals surface area contributed by atoms with E-state index in [0.29, 0.717) is 12.1 Å². The normalized spacial score (nSPS) is 10.4. The predicted molar refractivity (Wildman–Crippen MR) is 105 cm³/mol. The summed E-state index contributed by atoms with van der Waals surface area (Å²) in [4.78, 5) is 25.8. The fourth-order valence-electron chi connectivity index (χ4n) is 2.52. The van der Waals surface area contributed by atoms with Gasteiger partial charge in [0.2, 0.25) is 0 Å². The number of carbonyl (C=O) groups is 2. The molecule has 3 rings (SSSR count). The fourth-order valence-corrected chi connectivity index (χ4v) is 3.18. The molecular formula is C21H19NO4S. The van der Waals surface area contributed by atoms with E-state index >= 15 is 0 Å². The molecular weight excluding hydrogens is 362 g/mol. The minimum Gasteiger partial charge on any atom is -0.508 e. The third-order valence-corrected chi connectivity index (χ3v) is 4.81. The van der Waals surface area contributed by atoms with E-state index < -0.39 is 5.97 Å². The van der Waals surface area contributed by atoms with Crippen LogP contribution in [0.5, 0.6) is 5.75 Å². The van der Waals surface area contributed by atoms with Crippen LogP contribution in [-0.2, 0) is 16.1 Å². The molecule has 27 heavy (non-hydrogen) atoms. The van der Waals surface area contributed by atoms with Crippen molar-refractivity contribution >= 4 is 23.2 Å². The molecule has 1 N–H and O–H groups in total. The fraction of sp³-hybridized carbons (Fsp3) is 0.143. The summed E-state index contributed by atoms with van der Waals surface area (Å²) in [5, 5.41) is 13.3. The molecule has 138 valence electrons. The minimum atomic E-state index is -0.537. The monoisotopic (exact) mass is 381 g/mol. The van der Waals surface area contributed by atoms with Gasteiger partial charge in [-0.1, -0.05) is 24.3 Å². The van der Waals surface area contributed by atoms with Crippen molar-refractivity contribution in [3.63, 3.8) is 0 Å². The van der Waals surface area contributed by atoms with Crippen molar-refractivity contribution in [2.24, 2.45) is 0 Å². The summed E-state index contributed by atoms with van der Waals surface area (Å²) in [7, 11) is 1.68. The lowest BCUT2D eigenvalue weighted by Gasteiger charge is -2.16. The highest BCUT2D eigenvalue weighted by molar-refractivity contribution is 7.07. The number of hydrogen-bond donors (Lipinski definition) is 1. The smallest absolute Gasteiger partial charge is 0.338 e. The zero-order chi connectivity index (χ0) is 19.2. The summed E-state index contributed by atoms with van der Waals surface area (Å²) in [5.74, 6) is -0.590. The lowest BCUT2D eigenvalue weighted by atomic mass is 10.0. The van der Waals surface area contributed by atoms with Crippen LogP contribution in [0.25, 0.3) is 11.1 Å². The van der Waals surface area contributed by atoms with E-state index in [9.17, 15) is 14.7 Å². The molecule has 5 nitrogen and oxygen atoms in total. The Morgan fingerprint density at radius 1 is 1.00 bits per heavy atom. The van der Waals surface area contributed by atoms with Crippen molar-refractivity contribution in [1.82, 2.24) is 4.90 Å². The van der Waals surface area contributed by atoms with E-state index in [-0.39, 0.29) is 18.3 Å². The molecule has 0 aliphatic carbocycles. The molecule has 1 heterocycles. The highest BCUT2D eigenvalue weighted by Gasteiger charge is 2.14. The zero-order valence-corrected chi connectivity index (χ0v) is 15.6. The van der Waals surface area contributed by atoms with Crippen LogP contribution in [0.4, 0.5) is 0 Å². The molecule has 0 saturated carbocycles. The Balaban J connectivity index is 1.54. The highest BCUT2D eigenvalue weighted by atomic mass is 32.1. The van der Waals surface area contributed by atoms with Crippen molar-refractivity contribution in [3.05, 3.63) is 76.5 Å². The molecule has 0 aliphatic heterocycles. The van der Waals surface area contributed by atoms with E-state index in [4.69, 9.17) is 4.74 Å². The first kappa shape index (κ1) is 18.7. The van der Waals surface area contributed by atoms with E-state index in [0.717, 1.165) is 16.7 Å². The SMILES string of the molecule is CN(Cc1ccsc1)C(=O)COC(=O)c1ccc(-c2ccc(O)cc2)cc1. The number of benzene rings is 2. The van der Waals surface area contributed by atoms with Gasteiger partial charge in [0.15, 0.2) is 6.61 Å². The van der Waals surface area contributed by atoms with Crippen molar-refractivity contribution < 1.29 is 19.4 Å². The van der Waals surface area contributed by atoms with Crippen molar-refractivity contribution in [1.29, 1.82) is 0 Å². The number of nitrogens with zero attached hydrogens (tertiary/aromatic N) is 1. The Morgan fingerprint density at radius 3 is 2.22 bits per heavy atom. The number of rotatable bonds is 6. The second-order valence-corrected chi connectivity index (χ2v) is 6.86. The van der Waals surface area contributed by atoms with Gasteiger partial charge >= 0.3 is 5.97 Å². The van der Waals surface area contributed by atoms with Gasteiger partial charge in [0.1, 0.15) is 5.75 Å². The molecule has 0 fully saturated rings. The molecule has 2 aromatic carbocycles. The van der Waals surface area contributed by atoms with Crippen molar-refractivity contribution in [2.45, 2.75) is 6.54 Å². The number of carbonyl (C=O) groups excluding carboxylic acids is 2. The largest absolute Gasteiger partial charge is 0.508 e. The lowest BCUT2D eigenvalue weighted by Crippen LogP contribution is -2.30. The van der Waals surface area contributed by atoms with E-state index in [1.54, 1.807) is 66.9 Å². The minimum absolute atomic E-state index is 0.201. The molecule has 0 aliphatic rings. The summed E-state index contributed by atoms with van der Waals surface area (Å²) in [5.41, 5.74) is 3.27. The second kappa shape index (κ2) is 8.51. The first-order chi connectivity index (χ1) is 13.0. The van der Waals surface area contributed by atoms with Crippen LogP contribution in [0.1, 0.15) is 15.9 Å². The van der Waals surface area contributed by atoms with Crippen LogP contribution in [0.2, 0.25) is 0 Å². The highest BCUT2D eigenvalue weighted by Crippen LogP contribution is 2.22. The van der Waals surface area contributed by atoms with Gasteiger partial charge in [-0.15, -0.1) is 0 Å². The summed E-state index contributed by atoms with van der Waals surface area (Å²) in [6, 6.07) is 15.7. The van der Waals surface area contributed by atoms with Gasteiger partial charge in [0.25, 0.3) is 5.91 Å². The molecule has 1 aromatic heterocycles. The quantitative estimate of drug-likeness (QED) is 0.657. The molecule has 0 atom stereocenters. The number of phenols is 1. The number of aromatic hydroxyl groups is 1. The first-order valence-corrected chi connectivity index (χ1v) is 9.29. The van der Waals surface area contributed by atoms with Gasteiger partial charge in [-0.3, -0.25) is 4.79 Å². The standard InChI is InChI=1S/C21H19NO4S/c1-22(12-15-10-11-27-14-15)20(24)13-26-21(25)18-4-2-16(3-5-18)17-6-8-19(23)9-7-17/h2-11,14,23H,12-13H2,1H3. The van der Waals surface area contributed by atoms with Gasteiger partial charge in [-0.05, 0) is 57.8 Å². The Morgan fingerprint density at radius 2 is 1.63 bits per heavy atom. The van der Waals surface area contributed by atoms with Gasteiger partial charge in [0, 0.05) is 13.6 Å². The summed E-state index contributed by atoms with van der Waals surface area (Å²) >= 11 is 1.57. The average molecular weight is 381 g/mol. The number of ether oxygens (including phenoxy) is 1. The summed E-state index contributed by atoms with van der Waals surface area (Å²) < 4.78 is 5.13. The maximum absolute atomic E-state index is 12.2. The Hall–Kier alpha value is -3.12. The van der Waals surface area contributed by atoms with Crippen molar-refractivity contribution in [2.75, 3.05) is 13.7 Å². The third-order valence-electron chi connectivity index (χ3n) is 4.07. The van der Waals surface area contributed by atoms with Gasteiger partial charge in [-0.2, -0.15) is 11.3 Å². The van der Waals surface area contributed by atoms with Crippen LogP contribution in [0.3, 0.4) is 0 Å². The number of phenolic OH excluding ortho intramolecular Hbond substituents is 1. The van der Waals surface area contributed by atoms with Crippen LogP contribution in [-0.4, -0.2) is 35.5 Å². The second-order valence-electron chi connectivity index (χ2n) is 6.08. The van der Waals surface area contributed by atoms with Crippen LogP contribution < -0.4 is 0 Å². The number of amides is 1. The third kappa shape index (κ3) is 4.95. The topological polar surface area (TPSA) is 66.8 Å². The van der Waals surface area contributed by atoms with Crippen LogP contribution in [0, 0.1) is 0 Å². The Kier molecular flexibility index (Phi) is 5.88. The number of likely N-dealkylation sites (N-methyl/N-ethyl adjacent to an activating group) is 1.